The van der Waals surface area contributed by atoms with Gasteiger partial charge in [-0.3, -0.25) is 25.8 Å². The summed E-state index contributed by atoms with van der Waals surface area (Å²) in [4.78, 5) is 24.3. The average molecular weight is 420 g/mol. The summed E-state index contributed by atoms with van der Waals surface area (Å²) in [5.41, 5.74) is 8.23. The zero-order chi connectivity index (χ0) is 21.3. The Balaban J connectivity index is 1.49. The fraction of sp³-hybridized carbons (Fsp3) is 0.0870. The fourth-order valence-corrected chi connectivity index (χ4v) is 2.89. The zero-order valence-corrected chi connectivity index (χ0v) is 17.2. The van der Waals surface area contributed by atoms with E-state index in [1.807, 2.05) is 61.5 Å². The van der Waals surface area contributed by atoms with E-state index in [2.05, 4.69) is 16.2 Å². The number of para-hydroxylation sites is 1. The molecule has 3 aromatic rings. The molecule has 6 nitrogen and oxygen atoms in total. The number of aryl methyl sites for hydroxylation is 1. The van der Waals surface area contributed by atoms with Gasteiger partial charge in [-0.25, -0.2) is 0 Å². The molecule has 0 aliphatic carbocycles. The summed E-state index contributed by atoms with van der Waals surface area (Å²) in [6, 6.07) is 24.3. The van der Waals surface area contributed by atoms with E-state index < -0.39 is 5.91 Å². The number of benzene rings is 3. The van der Waals surface area contributed by atoms with E-state index in [9.17, 15) is 9.59 Å². The van der Waals surface area contributed by atoms with Crippen LogP contribution in [-0.4, -0.2) is 23.5 Å². The molecule has 3 N–H and O–H groups in total. The van der Waals surface area contributed by atoms with Crippen LogP contribution in [0.3, 0.4) is 0 Å². The Morgan fingerprint density at radius 2 is 1.63 bits per heavy atom. The van der Waals surface area contributed by atoms with E-state index in [0.717, 1.165) is 16.7 Å². The van der Waals surface area contributed by atoms with Gasteiger partial charge in [0.25, 0.3) is 11.8 Å². The van der Waals surface area contributed by atoms with Crippen molar-refractivity contribution >= 4 is 29.1 Å². The maximum absolute atomic E-state index is 12.2. The molecule has 0 radical (unpaired) electrons. The molecule has 3 rings (SSSR count). The van der Waals surface area contributed by atoms with E-state index in [1.165, 1.54) is 0 Å². The van der Waals surface area contributed by atoms with Crippen molar-refractivity contribution < 1.29 is 14.3 Å². The van der Waals surface area contributed by atoms with E-state index in [0.29, 0.717) is 11.3 Å². The van der Waals surface area contributed by atoms with Crippen molar-refractivity contribution in [3.05, 3.63) is 90.0 Å². The second-order valence-electron chi connectivity index (χ2n) is 6.48. The van der Waals surface area contributed by atoms with Crippen molar-refractivity contribution in [3.8, 4) is 16.9 Å². The van der Waals surface area contributed by atoms with Crippen LogP contribution in [0.4, 0.5) is 0 Å². The lowest BCUT2D eigenvalue weighted by atomic mass is 10.1. The minimum absolute atomic E-state index is 0.0143. The van der Waals surface area contributed by atoms with Crippen LogP contribution in [0.2, 0.25) is 0 Å². The molecule has 0 atom stereocenters. The van der Waals surface area contributed by atoms with E-state index >= 15 is 0 Å². The van der Waals surface area contributed by atoms with Gasteiger partial charge in [0.05, 0.1) is 0 Å². The van der Waals surface area contributed by atoms with Crippen LogP contribution in [-0.2, 0) is 4.79 Å². The minimum Gasteiger partial charge on any atom is -0.483 e. The molecule has 0 spiro atoms. The van der Waals surface area contributed by atoms with Crippen LogP contribution < -0.4 is 20.9 Å². The predicted octanol–water partition coefficient (Wildman–Crippen LogP) is 3.38. The number of rotatable bonds is 5. The Kier molecular flexibility index (Phi) is 7.13. The number of ether oxygens (including phenoxy) is 1. The first kappa shape index (κ1) is 21.0. The number of amides is 2. The lowest BCUT2D eigenvalue weighted by Crippen LogP contribution is -2.49. The van der Waals surface area contributed by atoms with Gasteiger partial charge in [0.1, 0.15) is 5.75 Å². The van der Waals surface area contributed by atoms with Gasteiger partial charge in [0, 0.05) is 11.1 Å². The first-order valence-electron chi connectivity index (χ1n) is 9.27. The summed E-state index contributed by atoms with van der Waals surface area (Å²) in [5.74, 6) is -0.210. The summed E-state index contributed by atoms with van der Waals surface area (Å²) >= 11 is 5.05. The van der Waals surface area contributed by atoms with Crippen LogP contribution >= 0.6 is 12.2 Å². The van der Waals surface area contributed by atoms with Crippen LogP contribution in [0.5, 0.6) is 5.75 Å². The summed E-state index contributed by atoms with van der Waals surface area (Å²) in [5, 5.41) is 2.49. The number of carbonyl (C=O) groups is 2. The lowest BCUT2D eigenvalue weighted by Gasteiger charge is -2.13. The van der Waals surface area contributed by atoms with Crippen molar-refractivity contribution in [3.63, 3.8) is 0 Å². The van der Waals surface area contributed by atoms with Crippen LogP contribution in [0.25, 0.3) is 11.1 Å². The SMILES string of the molecule is Cc1cccc(C(=O)NC(=S)NNC(=O)COc2ccccc2-c2ccccc2)c1. The van der Waals surface area contributed by atoms with Crippen molar-refractivity contribution in [2.75, 3.05) is 6.61 Å². The highest BCUT2D eigenvalue weighted by Crippen LogP contribution is 2.29. The van der Waals surface area contributed by atoms with E-state index in [-0.39, 0.29) is 17.6 Å². The predicted molar refractivity (Wildman–Crippen MR) is 120 cm³/mol. The highest BCUT2D eigenvalue weighted by atomic mass is 32.1. The molecule has 0 aliphatic rings. The van der Waals surface area contributed by atoms with Gasteiger partial charge in [-0.1, -0.05) is 66.2 Å². The third-order valence-corrected chi connectivity index (χ3v) is 4.36. The summed E-state index contributed by atoms with van der Waals surface area (Å²) in [6.45, 7) is 1.68. The molecular formula is C23H21N3O3S. The third-order valence-electron chi connectivity index (χ3n) is 4.15. The number of carbonyl (C=O) groups excluding carboxylic acids is 2. The molecule has 0 aliphatic heterocycles. The Bertz CT molecular complexity index is 1050. The van der Waals surface area contributed by atoms with Gasteiger partial charge in [0.2, 0.25) is 0 Å². The average Bonchev–Trinajstić information content (AvgIpc) is 2.77. The van der Waals surface area contributed by atoms with Gasteiger partial charge in [-0.15, -0.1) is 0 Å². The molecule has 2 amide bonds. The summed E-state index contributed by atoms with van der Waals surface area (Å²) in [6.07, 6.45) is 0. The molecule has 0 saturated heterocycles. The van der Waals surface area contributed by atoms with Crippen molar-refractivity contribution in [2.45, 2.75) is 6.92 Å². The Hall–Kier alpha value is -3.71. The van der Waals surface area contributed by atoms with E-state index in [4.69, 9.17) is 17.0 Å². The molecule has 0 unspecified atom stereocenters. The first-order chi connectivity index (χ1) is 14.5. The summed E-state index contributed by atoms with van der Waals surface area (Å²) in [7, 11) is 0. The van der Waals surface area contributed by atoms with Gasteiger partial charge < -0.3 is 4.74 Å². The van der Waals surface area contributed by atoms with Crippen LogP contribution in [0.1, 0.15) is 15.9 Å². The lowest BCUT2D eigenvalue weighted by molar-refractivity contribution is -0.123. The number of nitrogens with one attached hydrogen (secondary N) is 3. The second kappa shape index (κ2) is 10.2. The molecule has 0 heterocycles. The quantitative estimate of drug-likeness (QED) is 0.437. The minimum atomic E-state index is -0.440. The maximum Gasteiger partial charge on any atom is 0.276 e. The number of hydrogen-bond acceptors (Lipinski definition) is 4. The fourth-order valence-electron chi connectivity index (χ4n) is 2.75. The molecule has 152 valence electrons. The van der Waals surface area contributed by atoms with Gasteiger partial charge >= 0.3 is 0 Å². The summed E-state index contributed by atoms with van der Waals surface area (Å²) < 4.78 is 5.67. The van der Waals surface area contributed by atoms with Crippen LogP contribution in [0.15, 0.2) is 78.9 Å². The molecule has 30 heavy (non-hydrogen) atoms. The largest absolute Gasteiger partial charge is 0.483 e. The molecule has 3 aromatic carbocycles. The van der Waals surface area contributed by atoms with Crippen molar-refractivity contribution in [1.82, 2.24) is 16.2 Å². The van der Waals surface area contributed by atoms with Crippen molar-refractivity contribution in [2.24, 2.45) is 0 Å². The molecule has 0 saturated carbocycles. The topological polar surface area (TPSA) is 79.5 Å². The van der Waals surface area contributed by atoms with Crippen molar-refractivity contribution in [1.29, 1.82) is 0 Å². The molecule has 0 aromatic heterocycles. The Morgan fingerprint density at radius 1 is 0.900 bits per heavy atom. The highest BCUT2D eigenvalue weighted by Gasteiger charge is 2.10. The molecule has 0 fully saturated rings. The number of hydrogen-bond donors (Lipinski definition) is 3. The van der Waals surface area contributed by atoms with Gasteiger partial charge in [-0.2, -0.15) is 0 Å². The molecule has 7 heteroatoms. The second-order valence-corrected chi connectivity index (χ2v) is 6.89. The maximum atomic E-state index is 12.2. The molecule has 0 bridgehead atoms. The number of hydrazine groups is 1. The van der Waals surface area contributed by atoms with E-state index in [1.54, 1.807) is 24.3 Å². The van der Waals surface area contributed by atoms with Crippen LogP contribution in [0, 0.1) is 6.92 Å². The zero-order valence-electron chi connectivity index (χ0n) is 16.3. The molecular weight excluding hydrogens is 398 g/mol. The standard InChI is InChI=1S/C23H21N3O3S/c1-16-8-7-11-18(14-16)22(28)24-23(30)26-25-21(27)15-29-20-13-6-5-12-19(20)17-9-3-2-4-10-17/h2-14H,15H2,1H3,(H,25,27)(H2,24,26,28,30). The Morgan fingerprint density at radius 3 is 2.40 bits per heavy atom. The highest BCUT2D eigenvalue weighted by molar-refractivity contribution is 7.80. The first-order valence-corrected chi connectivity index (χ1v) is 9.68. The van der Waals surface area contributed by atoms with Gasteiger partial charge in [0.15, 0.2) is 11.7 Å². The monoisotopic (exact) mass is 419 g/mol. The van der Waals surface area contributed by atoms with Gasteiger partial charge in [-0.05, 0) is 42.9 Å². The third kappa shape index (κ3) is 5.89. The normalized spacial score (nSPS) is 10.0. The number of thiocarbonyl (C=S) groups is 1. The Labute approximate surface area is 180 Å². The smallest absolute Gasteiger partial charge is 0.276 e.